The van der Waals surface area contributed by atoms with Gasteiger partial charge in [0.2, 0.25) is 0 Å². The van der Waals surface area contributed by atoms with Crippen molar-refractivity contribution in [3.8, 4) is 0 Å². The molecule has 2 heteroatoms. The van der Waals surface area contributed by atoms with Crippen molar-refractivity contribution in [3.05, 3.63) is 59.2 Å². The zero-order chi connectivity index (χ0) is 14.8. The van der Waals surface area contributed by atoms with Crippen LogP contribution in [-0.2, 0) is 5.41 Å². The molecular formula is C18H24N2. The molecule has 0 aliphatic carbocycles. The molecule has 2 aromatic rings. The molecule has 2 aromatic carbocycles. The third kappa shape index (κ3) is 3.32. The summed E-state index contributed by atoms with van der Waals surface area (Å²) in [5.74, 6) is 0. The summed E-state index contributed by atoms with van der Waals surface area (Å²) >= 11 is 0. The first-order valence-corrected chi connectivity index (χ1v) is 7.06. The van der Waals surface area contributed by atoms with Crippen LogP contribution in [0.25, 0.3) is 0 Å². The maximum absolute atomic E-state index is 6.02. The van der Waals surface area contributed by atoms with Crippen LogP contribution in [0.15, 0.2) is 42.5 Å². The van der Waals surface area contributed by atoms with E-state index in [1.807, 2.05) is 12.1 Å². The van der Waals surface area contributed by atoms with Crippen LogP contribution in [0, 0.1) is 13.8 Å². The lowest BCUT2D eigenvalue weighted by atomic mass is 9.84. The first-order valence-electron chi connectivity index (χ1n) is 7.06. The molecule has 0 bridgehead atoms. The quantitative estimate of drug-likeness (QED) is 0.812. The smallest absolute Gasteiger partial charge is 0.0576 e. The van der Waals surface area contributed by atoms with E-state index < -0.39 is 0 Å². The summed E-state index contributed by atoms with van der Waals surface area (Å²) in [6.07, 6.45) is 0. The number of benzene rings is 2. The highest BCUT2D eigenvalue weighted by atomic mass is 14.9. The van der Waals surface area contributed by atoms with Crippen molar-refractivity contribution < 1.29 is 0 Å². The molecule has 0 unspecified atom stereocenters. The number of nitrogens with two attached hydrogens (primary N) is 1. The number of aryl methyl sites for hydroxylation is 2. The van der Waals surface area contributed by atoms with Gasteiger partial charge in [-0.3, -0.25) is 0 Å². The van der Waals surface area contributed by atoms with E-state index in [1.165, 1.54) is 16.7 Å². The lowest BCUT2D eigenvalue weighted by Gasteiger charge is -2.27. The number of nitrogen functional groups attached to an aromatic ring is 1. The minimum absolute atomic E-state index is 0.0577. The average Bonchev–Trinajstić information content (AvgIpc) is 2.40. The van der Waals surface area contributed by atoms with Crippen LogP contribution in [0.1, 0.15) is 30.5 Å². The van der Waals surface area contributed by atoms with Gasteiger partial charge in [-0.15, -0.1) is 0 Å². The van der Waals surface area contributed by atoms with Gasteiger partial charge in [0.25, 0.3) is 0 Å². The highest BCUT2D eigenvalue weighted by Gasteiger charge is 2.20. The van der Waals surface area contributed by atoms with Crippen LogP contribution >= 0.6 is 0 Å². The third-order valence-electron chi connectivity index (χ3n) is 3.73. The molecular weight excluding hydrogens is 244 g/mol. The van der Waals surface area contributed by atoms with Gasteiger partial charge in [-0.05, 0) is 37.1 Å². The molecule has 0 fully saturated rings. The second-order valence-corrected chi connectivity index (χ2v) is 6.20. The van der Waals surface area contributed by atoms with Crippen LogP contribution < -0.4 is 11.1 Å². The number of hydrogen-bond acceptors (Lipinski definition) is 2. The van der Waals surface area contributed by atoms with E-state index in [4.69, 9.17) is 5.73 Å². The van der Waals surface area contributed by atoms with Gasteiger partial charge in [0.15, 0.2) is 0 Å². The summed E-state index contributed by atoms with van der Waals surface area (Å²) in [4.78, 5) is 0. The van der Waals surface area contributed by atoms with Gasteiger partial charge in [0.05, 0.1) is 11.4 Å². The van der Waals surface area contributed by atoms with Crippen LogP contribution in [0.2, 0.25) is 0 Å². The predicted molar refractivity (Wildman–Crippen MR) is 88.3 cm³/mol. The minimum atomic E-state index is 0.0577. The van der Waals surface area contributed by atoms with E-state index in [-0.39, 0.29) is 5.41 Å². The summed E-state index contributed by atoms with van der Waals surface area (Å²) in [6, 6.07) is 14.8. The molecule has 0 spiro atoms. The van der Waals surface area contributed by atoms with E-state index in [0.717, 1.165) is 17.9 Å². The SMILES string of the molecule is Cc1cccc(C(C)(C)CNc2cc(C)ccc2N)c1. The second-order valence-electron chi connectivity index (χ2n) is 6.20. The summed E-state index contributed by atoms with van der Waals surface area (Å²) in [5, 5.41) is 3.49. The largest absolute Gasteiger partial charge is 0.397 e. The molecule has 0 saturated heterocycles. The first kappa shape index (κ1) is 14.4. The van der Waals surface area contributed by atoms with Crippen molar-refractivity contribution in [3.63, 3.8) is 0 Å². The standard InChI is InChI=1S/C18H24N2/c1-13-6-5-7-15(10-13)18(3,4)12-20-17-11-14(2)8-9-16(17)19/h5-11,20H,12,19H2,1-4H3. The van der Waals surface area contributed by atoms with Crippen molar-refractivity contribution >= 4 is 11.4 Å². The summed E-state index contributed by atoms with van der Waals surface area (Å²) in [6.45, 7) is 9.56. The van der Waals surface area contributed by atoms with Crippen molar-refractivity contribution in [2.24, 2.45) is 0 Å². The Bertz CT molecular complexity index is 600. The Balaban J connectivity index is 2.14. The Morgan fingerprint density at radius 2 is 1.70 bits per heavy atom. The molecule has 0 amide bonds. The van der Waals surface area contributed by atoms with Crippen molar-refractivity contribution in [1.82, 2.24) is 0 Å². The van der Waals surface area contributed by atoms with Crippen molar-refractivity contribution in [2.45, 2.75) is 33.1 Å². The molecule has 106 valence electrons. The Labute approximate surface area is 122 Å². The second kappa shape index (κ2) is 5.58. The van der Waals surface area contributed by atoms with Gasteiger partial charge in [0, 0.05) is 12.0 Å². The van der Waals surface area contributed by atoms with Crippen molar-refractivity contribution in [2.75, 3.05) is 17.6 Å². The fourth-order valence-corrected chi connectivity index (χ4v) is 2.31. The molecule has 0 aliphatic rings. The van der Waals surface area contributed by atoms with Crippen LogP contribution in [0.3, 0.4) is 0 Å². The number of anilines is 2. The zero-order valence-electron chi connectivity index (χ0n) is 12.8. The maximum Gasteiger partial charge on any atom is 0.0576 e. The molecule has 2 nitrogen and oxygen atoms in total. The van der Waals surface area contributed by atoms with E-state index in [1.54, 1.807) is 0 Å². The summed E-state index contributed by atoms with van der Waals surface area (Å²) in [7, 11) is 0. The van der Waals surface area contributed by atoms with Gasteiger partial charge in [-0.25, -0.2) is 0 Å². The van der Waals surface area contributed by atoms with Gasteiger partial charge in [-0.2, -0.15) is 0 Å². The topological polar surface area (TPSA) is 38.0 Å². The Hall–Kier alpha value is -1.96. The Kier molecular flexibility index (Phi) is 4.03. The predicted octanol–water partition coefficient (Wildman–Crippen LogP) is 4.28. The lowest BCUT2D eigenvalue weighted by Crippen LogP contribution is -2.28. The number of hydrogen-bond donors (Lipinski definition) is 2. The normalized spacial score (nSPS) is 11.4. The number of rotatable bonds is 4. The van der Waals surface area contributed by atoms with E-state index in [9.17, 15) is 0 Å². The molecule has 0 radical (unpaired) electrons. The lowest BCUT2D eigenvalue weighted by molar-refractivity contribution is 0.557. The van der Waals surface area contributed by atoms with E-state index in [2.05, 4.69) is 63.3 Å². The minimum Gasteiger partial charge on any atom is -0.397 e. The van der Waals surface area contributed by atoms with Crippen LogP contribution in [0.5, 0.6) is 0 Å². The summed E-state index contributed by atoms with van der Waals surface area (Å²) in [5.41, 5.74) is 11.8. The fraction of sp³-hybridized carbons (Fsp3) is 0.333. The third-order valence-corrected chi connectivity index (χ3v) is 3.73. The highest BCUT2D eigenvalue weighted by molar-refractivity contribution is 5.67. The first-order chi connectivity index (χ1) is 9.38. The molecule has 0 aromatic heterocycles. The molecule has 3 N–H and O–H groups in total. The monoisotopic (exact) mass is 268 g/mol. The van der Waals surface area contributed by atoms with E-state index >= 15 is 0 Å². The Morgan fingerprint density at radius 3 is 2.40 bits per heavy atom. The highest BCUT2D eigenvalue weighted by Crippen LogP contribution is 2.26. The summed E-state index contributed by atoms with van der Waals surface area (Å²) < 4.78 is 0. The maximum atomic E-state index is 6.02. The van der Waals surface area contributed by atoms with Gasteiger partial charge in [0.1, 0.15) is 0 Å². The van der Waals surface area contributed by atoms with Gasteiger partial charge >= 0.3 is 0 Å². The van der Waals surface area contributed by atoms with E-state index in [0.29, 0.717) is 0 Å². The molecule has 0 saturated carbocycles. The fourth-order valence-electron chi connectivity index (χ4n) is 2.31. The van der Waals surface area contributed by atoms with Gasteiger partial charge < -0.3 is 11.1 Å². The van der Waals surface area contributed by atoms with Gasteiger partial charge in [-0.1, -0.05) is 49.7 Å². The molecule has 0 aliphatic heterocycles. The molecule has 2 rings (SSSR count). The molecule has 0 atom stereocenters. The Morgan fingerprint density at radius 1 is 1.00 bits per heavy atom. The average molecular weight is 268 g/mol. The van der Waals surface area contributed by atoms with Crippen LogP contribution in [0.4, 0.5) is 11.4 Å². The molecule has 0 heterocycles. The zero-order valence-corrected chi connectivity index (χ0v) is 12.8. The number of nitrogens with one attached hydrogen (secondary N) is 1. The van der Waals surface area contributed by atoms with Crippen LogP contribution in [-0.4, -0.2) is 6.54 Å². The van der Waals surface area contributed by atoms with Crippen molar-refractivity contribution in [1.29, 1.82) is 0 Å². The molecule has 20 heavy (non-hydrogen) atoms.